The van der Waals surface area contributed by atoms with Crippen LogP contribution in [0.15, 0.2) is 42.6 Å². The number of amides is 1. The van der Waals surface area contributed by atoms with Crippen LogP contribution in [0.5, 0.6) is 0 Å². The minimum Gasteiger partial charge on any atom is -0.462 e. The summed E-state index contributed by atoms with van der Waals surface area (Å²) in [4.78, 5) is 28.8. The average Bonchev–Trinajstić information content (AvgIpc) is 3.09. The highest BCUT2D eigenvalue weighted by Gasteiger charge is 2.15. The summed E-state index contributed by atoms with van der Waals surface area (Å²) in [6.07, 6.45) is 1.65. The van der Waals surface area contributed by atoms with E-state index in [1.807, 2.05) is 13.8 Å². The maximum atomic E-state index is 12.6. The van der Waals surface area contributed by atoms with Gasteiger partial charge in [-0.3, -0.25) is 4.79 Å². The molecule has 2 aromatic heterocycles. The first kappa shape index (κ1) is 17.6. The SMILES string of the molecule is CCOC(=O)c1cccc(NC(=O)c2cc(C(C)C)n3nccc3n2)c1. The number of carbonyl (C=O) groups excluding carboxylic acids is 2. The maximum absolute atomic E-state index is 12.6. The molecule has 0 aliphatic carbocycles. The van der Waals surface area contributed by atoms with Gasteiger partial charge in [0.15, 0.2) is 5.65 Å². The van der Waals surface area contributed by atoms with Gasteiger partial charge in [0, 0.05) is 17.4 Å². The third-order valence-corrected chi connectivity index (χ3v) is 3.84. The molecule has 1 aromatic carbocycles. The van der Waals surface area contributed by atoms with E-state index in [1.165, 1.54) is 0 Å². The van der Waals surface area contributed by atoms with E-state index in [1.54, 1.807) is 54.0 Å². The summed E-state index contributed by atoms with van der Waals surface area (Å²) >= 11 is 0. The first-order valence-electron chi connectivity index (χ1n) is 8.42. The van der Waals surface area contributed by atoms with E-state index in [4.69, 9.17) is 4.74 Å². The molecule has 3 rings (SSSR count). The van der Waals surface area contributed by atoms with E-state index >= 15 is 0 Å². The molecule has 0 unspecified atom stereocenters. The second-order valence-electron chi connectivity index (χ2n) is 6.08. The molecule has 0 bridgehead atoms. The second kappa shape index (κ2) is 7.35. The highest BCUT2D eigenvalue weighted by Crippen LogP contribution is 2.18. The highest BCUT2D eigenvalue weighted by atomic mass is 16.5. The summed E-state index contributed by atoms with van der Waals surface area (Å²) in [6, 6.07) is 10.1. The Bertz CT molecular complexity index is 962. The molecule has 1 N–H and O–H groups in total. The topological polar surface area (TPSA) is 85.6 Å². The quantitative estimate of drug-likeness (QED) is 0.712. The van der Waals surface area contributed by atoms with Gasteiger partial charge in [0.25, 0.3) is 5.91 Å². The van der Waals surface area contributed by atoms with E-state index in [-0.39, 0.29) is 11.8 Å². The summed E-state index contributed by atoms with van der Waals surface area (Å²) < 4.78 is 6.71. The number of hydrogen-bond donors (Lipinski definition) is 1. The molecule has 134 valence electrons. The molecule has 2 heterocycles. The number of anilines is 1. The average molecular weight is 352 g/mol. The Hall–Kier alpha value is -3.22. The van der Waals surface area contributed by atoms with Crippen molar-refractivity contribution in [1.29, 1.82) is 0 Å². The van der Waals surface area contributed by atoms with Crippen molar-refractivity contribution in [3.8, 4) is 0 Å². The van der Waals surface area contributed by atoms with Gasteiger partial charge in [0.1, 0.15) is 5.69 Å². The Kier molecular flexibility index (Phi) is 4.97. The van der Waals surface area contributed by atoms with Crippen LogP contribution in [0.25, 0.3) is 5.65 Å². The Morgan fingerprint density at radius 1 is 1.23 bits per heavy atom. The van der Waals surface area contributed by atoms with Gasteiger partial charge in [-0.05, 0) is 37.1 Å². The number of carbonyl (C=O) groups is 2. The molecule has 3 aromatic rings. The van der Waals surface area contributed by atoms with E-state index in [9.17, 15) is 9.59 Å². The number of fused-ring (bicyclic) bond motifs is 1. The molecule has 0 fully saturated rings. The normalized spacial score (nSPS) is 10.9. The van der Waals surface area contributed by atoms with Crippen LogP contribution in [0.4, 0.5) is 5.69 Å². The fraction of sp³-hybridized carbons (Fsp3) is 0.263. The van der Waals surface area contributed by atoms with Gasteiger partial charge in [0.05, 0.1) is 18.4 Å². The highest BCUT2D eigenvalue weighted by molar-refractivity contribution is 6.04. The van der Waals surface area contributed by atoms with Crippen molar-refractivity contribution in [3.05, 3.63) is 59.5 Å². The van der Waals surface area contributed by atoms with Crippen molar-refractivity contribution in [2.45, 2.75) is 26.7 Å². The predicted octanol–water partition coefficient (Wildman–Crippen LogP) is 3.28. The lowest BCUT2D eigenvalue weighted by Crippen LogP contribution is -2.16. The molecular weight excluding hydrogens is 332 g/mol. The van der Waals surface area contributed by atoms with Gasteiger partial charge in [-0.2, -0.15) is 5.10 Å². The number of nitrogens with zero attached hydrogens (tertiary/aromatic N) is 3. The number of benzene rings is 1. The largest absolute Gasteiger partial charge is 0.462 e. The van der Waals surface area contributed by atoms with Crippen molar-refractivity contribution in [2.24, 2.45) is 0 Å². The summed E-state index contributed by atoms with van der Waals surface area (Å²) in [7, 11) is 0. The minimum absolute atomic E-state index is 0.180. The van der Waals surface area contributed by atoms with Crippen LogP contribution >= 0.6 is 0 Å². The lowest BCUT2D eigenvalue weighted by Gasteiger charge is -2.11. The number of aromatic nitrogens is 3. The lowest BCUT2D eigenvalue weighted by atomic mass is 10.1. The van der Waals surface area contributed by atoms with Crippen LogP contribution in [0.3, 0.4) is 0 Å². The molecule has 0 saturated heterocycles. The van der Waals surface area contributed by atoms with Gasteiger partial charge in [-0.25, -0.2) is 14.3 Å². The first-order chi connectivity index (χ1) is 12.5. The third-order valence-electron chi connectivity index (χ3n) is 3.84. The second-order valence-corrected chi connectivity index (χ2v) is 6.08. The smallest absolute Gasteiger partial charge is 0.338 e. The monoisotopic (exact) mass is 352 g/mol. The predicted molar refractivity (Wildman–Crippen MR) is 97.4 cm³/mol. The summed E-state index contributed by atoms with van der Waals surface area (Å²) in [5.41, 5.74) is 2.68. The number of ether oxygens (including phenoxy) is 1. The number of nitrogens with one attached hydrogen (secondary N) is 1. The van der Waals surface area contributed by atoms with E-state index < -0.39 is 5.97 Å². The van der Waals surface area contributed by atoms with Crippen LogP contribution in [-0.2, 0) is 4.74 Å². The summed E-state index contributed by atoms with van der Waals surface area (Å²) in [5.74, 6) is -0.597. The third kappa shape index (κ3) is 3.56. The Morgan fingerprint density at radius 2 is 2.04 bits per heavy atom. The zero-order valence-corrected chi connectivity index (χ0v) is 14.9. The van der Waals surface area contributed by atoms with Gasteiger partial charge >= 0.3 is 5.97 Å². The fourth-order valence-corrected chi connectivity index (χ4v) is 2.60. The Morgan fingerprint density at radius 3 is 2.77 bits per heavy atom. The minimum atomic E-state index is -0.426. The zero-order valence-electron chi connectivity index (χ0n) is 14.9. The van der Waals surface area contributed by atoms with Crippen molar-refractivity contribution in [1.82, 2.24) is 14.6 Å². The van der Waals surface area contributed by atoms with Gasteiger partial charge in [-0.15, -0.1) is 0 Å². The summed E-state index contributed by atoms with van der Waals surface area (Å²) in [6.45, 7) is 6.10. The van der Waals surface area contributed by atoms with Crippen molar-refractivity contribution >= 4 is 23.2 Å². The molecular formula is C19H20N4O3. The molecule has 0 aliphatic rings. The van der Waals surface area contributed by atoms with Crippen LogP contribution in [-0.4, -0.2) is 33.1 Å². The molecule has 1 amide bonds. The van der Waals surface area contributed by atoms with Crippen molar-refractivity contribution in [3.63, 3.8) is 0 Å². The van der Waals surface area contributed by atoms with E-state index in [0.29, 0.717) is 29.2 Å². The standard InChI is InChI=1S/C19H20N4O3/c1-4-26-19(25)13-6-5-7-14(10-13)21-18(24)15-11-16(12(2)3)23-17(22-15)8-9-20-23/h5-12H,4H2,1-3H3,(H,21,24). The van der Waals surface area contributed by atoms with E-state index in [2.05, 4.69) is 15.4 Å². The van der Waals surface area contributed by atoms with Crippen LogP contribution < -0.4 is 5.32 Å². The Balaban J connectivity index is 1.88. The Labute approximate surface area is 151 Å². The molecule has 0 aliphatic heterocycles. The van der Waals surface area contributed by atoms with Crippen LogP contribution in [0.1, 0.15) is 53.2 Å². The van der Waals surface area contributed by atoms with E-state index in [0.717, 1.165) is 5.69 Å². The first-order valence-corrected chi connectivity index (χ1v) is 8.42. The summed E-state index contributed by atoms with van der Waals surface area (Å²) in [5, 5.41) is 7.02. The van der Waals surface area contributed by atoms with Gasteiger partial charge in [0.2, 0.25) is 0 Å². The van der Waals surface area contributed by atoms with Gasteiger partial charge < -0.3 is 10.1 Å². The van der Waals surface area contributed by atoms with Crippen molar-refractivity contribution < 1.29 is 14.3 Å². The maximum Gasteiger partial charge on any atom is 0.338 e. The molecule has 0 spiro atoms. The molecule has 7 heteroatoms. The molecule has 0 atom stereocenters. The molecule has 0 saturated carbocycles. The zero-order chi connectivity index (χ0) is 18.7. The number of hydrogen-bond acceptors (Lipinski definition) is 5. The molecule has 26 heavy (non-hydrogen) atoms. The number of rotatable bonds is 5. The number of esters is 1. The van der Waals surface area contributed by atoms with Crippen LogP contribution in [0, 0.1) is 0 Å². The van der Waals surface area contributed by atoms with Crippen LogP contribution in [0.2, 0.25) is 0 Å². The fourth-order valence-electron chi connectivity index (χ4n) is 2.60. The molecule has 0 radical (unpaired) electrons. The lowest BCUT2D eigenvalue weighted by molar-refractivity contribution is 0.0526. The van der Waals surface area contributed by atoms with Gasteiger partial charge in [-0.1, -0.05) is 19.9 Å². The van der Waals surface area contributed by atoms with Crippen molar-refractivity contribution in [2.75, 3.05) is 11.9 Å². The molecule has 7 nitrogen and oxygen atoms in total.